The second-order valence-electron chi connectivity index (χ2n) is 8.94. The molecule has 5 rings (SSSR count). The second kappa shape index (κ2) is 9.63. The molecule has 0 bridgehead atoms. The third kappa shape index (κ3) is 4.74. The Kier molecular flexibility index (Phi) is 6.42. The lowest BCUT2D eigenvalue weighted by Crippen LogP contribution is -2.41. The van der Waals surface area contributed by atoms with E-state index >= 15 is 0 Å². The predicted molar refractivity (Wildman–Crippen MR) is 128 cm³/mol. The summed E-state index contributed by atoms with van der Waals surface area (Å²) in [5.74, 6) is 0.516. The van der Waals surface area contributed by atoms with Crippen LogP contribution in [0.2, 0.25) is 0 Å². The molecular weight excluding hydrogens is 456 g/mol. The Labute approximate surface area is 201 Å². The molecule has 1 aromatic carbocycles. The van der Waals surface area contributed by atoms with Gasteiger partial charge in [-0.1, -0.05) is 0 Å². The van der Waals surface area contributed by atoms with Gasteiger partial charge in [-0.3, -0.25) is 19.3 Å². The Morgan fingerprint density at radius 2 is 1.82 bits per heavy atom. The van der Waals surface area contributed by atoms with E-state index < -0.39 is 5.91 Å². The Hall–Kier alpha value is -3.11. The number of benzene rings is 1. The standard InChI is InChI=1S/C24H28N4O5S/c25-22(30)21-16-3-1-2-4-19(16)34-24(21)27-20(29)12-28-9-7-14(8-10-28)23(31)26-15-5-6-17-18(11-15)33-13-32-17/h5-6,11,14H,1-4,7-10,12-13H2,(H2,25,30)(H,26,31)(H,27,29). The predicted octanol–water partition coefficient (Wildman–Crippen LogP) is 2.74. The van der Waals surface area contributed by atoms with Crippen LogP contribution < -0.4 is 25.8 Å². The molecule has 1 aromatic heterocycles. The molecule has 0 radical (unpaired) electrons. The lowest BCUT2D eigenvalue weighted by molar-refractivity contribution is -0.121. The quantitative estimate of drug-likeness (QED) is 0.579. The van der Waals surface area contributed by atoms with Crippen molar-refractivity contribution in [3.8, 4) is 11.5 Å². The zero-order valence-electron chi connectivity index (χ0n) is 18.9. The molecule has 3 heterocycles. The largest absolute Gasteiger partial charge is 0.454 e. The molecule has 0 saturated carbocycles. The number of ether oxygens (including phenoxy) is 2. The Balaban J connectivity index is 1.12. The van der Waals surface area contributed by atoms with E-state index in [0.29, 0.717) is 53.7 Å². The van der Waals surface area contributed by atoms with E-state index in [4.69, 9.17) is 15.2 Å². The van der Waals surface area contributed by atoms with E-state index in [0.717, 1.165) is 36.1 Å². The molecule has 1 fully saturated rings. The number of fused-ring (bicyclic) bond motifs is 2. The lowest BCUT2D eigenvalue weighted by Gasteiger charge is -2.30. The number of anilines is 2. The van der Waals surface area contributed by atoms with Gasteiger partial charge in [0.1, 0.15) is 5.00 Å². The Morgan fingerprint density at radius 3 is 2.62 bits per heavy atom. The van der Waals surface area contributed by atoms with Gasteiger partial charge in [-0.05, 0) is 69.3 Å². The Morgan fingerprint density at radius 1 is 1.06 bits per heavy atom. The minimum absolute atomic E-state index is 0.0294. The van der Waals surface area contributed by atoms with E-state index in [9.17, 15) is 14.4 Å². The topological polar surface area (TPSA) is 123 Å². The summed E-state index contributed by atoms with van der Waals surface area (Å²) in [4.78, 5) is 40.7. The van der Waals surface area contributed by atoms with Gasteiger partial charge in [-0.25, -0.2) is 0 Å². The summed E-state index contributed by atoms with van der Waals surface area (Å²) in [6.07, 6.45) is 5.23. The van der Waals surface area contributed by atoms with Crippen molar-refractivity contribution in [1.29, 1.82) is 0 Å². The Bertz CT molecular complexity index is 1120. The number of carbonyl (C=O) groups is 3. The number of aryl methyl sites for hydroxylation is 1. The van der Waals surface area contributed by atoms with Crippen molar-refractivity contribution in [2.45, 2.75) is 38.5 Å². The lowest BCUT2D eigenvalue weighted by atomic mass is 9.95. The number of piperidine rings is 1. The number of nitrogens with zero attached hydrogens (tertiary/aromatic N) is 1. The number of rotatable bonds is 6. The zero-order valence-corrected chi connectivity index (χ0v) is 19.7. The molecule has 34 heavy (non-hydrogen) atoms. The molecular formula is C24H28N4O5S. The van der Waals surface area contributed by atoms with Crippen LogP contribution in [0.1, 0.15) is 46.5 Å². The van der Waals surface area contributed by atoms with Gasteiger partial charge in [0.05, 0.1) is 12.1 Å². The highest BCUT2D eigenvalue weighted by atomic mass is 32.1. The van der Waals surface area contributed by atoms with Crippen molar-refractivity contribution in [3.63, 3.8) is 0 Å². The minimum atomic E-state index is -0.482. The number of hydrogen-bond acceptors (Lipinski definition) is 7. The highest BCUT2D eigenvalue weighted by Crippen LogP contribution is 2.38. The summed E-state index contributed by atoms with van der Waals surface area (Å²) in [5.41, 5.74) is 7.79. The van der Waals surface area contributed by atoms with Crippen LogP contribution in [0.25, 0.3) is 0 Å². The molecule has 3 aliphatic rings. The first-order valence-electron chi connectivity index (χ1n) is 11.6. The van der Waals surface area contributed by atoms with Gasteiger partial charge in [0, 0.05) is 22.5 Å². The average Bonchev–Trinajstić information content (AvgIpc) is 3.43. The highest BCUT2D eigenvalue weighted by molar-refractivity contribution is 7.17. The van der Waals surface area contributed by atoms with Crippen molar-refractivity contribution in [1.82, 2.24) is 4.90 Å². The first kappa shape index (κ1) is 22.7. The van der Waals surface area contributed by atoms with Gasteiger partial charge < -0.3 is 25.8 Å². The van der Waals surface area contributed by atoms with E-state index in [-0.39, 0.29) is 31.1 Å². The van der Waals surface area contributed by atoms with E-state index in [1.54, 1.807) is 18.2 Å². The average molecular weight is 485 g/mol. The number of nitrogens with one attached hydrogen (secondary N) is 2. The monoisotopic (exact) mass is 484 g/mol. The molecule has 2 aromatic rings. The molecule has 1 aliphatic carbocycles. The fraction of sp³-hybridized carbons (Fsp3) is 0.458. The molecule has 0 atom stereocenters. The van der Waals surface area contributed by atoms with Crippen molar-refractivity contribution < 1.29 is 23.9 Å². The molecule has 0 spiro atoms. The van der Waals surface area contributed by atoms with E-state index in [1.807, 2.05) is 4.90 Å². The van der Waals surface area contributed by atoms with Crippen LogP contribution in [0.5, 0.6) is 11.5 Å². The number of carbonyl (C=O) groups excluding carboxylic acids is 3. The normalized spacial score (nSPS) is 17.8. The summed E-state index contributed by atoms with van der Waals surface area (Å²) in [6, 6.07) is 5.35. The fourth-order valence-electron chi connectivity index (χ4n) is 4.86. The summed E-state index contributed by atoms with van der Waals surface area (Å²) >= 11 is 1.47. The highest BCUT2D eigenvalue weighted by Gasteiger charge is 2.28. The number of primary amides is 1. The first-order chi connectivity index (χ1) is 16.5. The molecule has 0 unspecified atom stereocenters. The van der Waals surface area contributed by atoms with Crippen LogP contribution in [0.4, 0.5) is 10.7 Å². The van der Waals surface area contributed by atoms with Crippen LogP contribution >= 0.6 is 11.3 Å². The van der Waals surface area contributed by atoms with Gasteiger partial charge in [-0.2, -0.15) is 0 Å². The van der Waals surface area contributed by atoms with Crippen LogP contribution in [0, 0.1) is 5.92 Å². The number of nitrogens with two attached hydrogens (primary N) is 1. The molecule has 4 N–H and O–H groups in total. The summed E-state index contributed by atoms with van der Waals surface area (Å²) in [6.45, 7) is 1.71. The van der Waals surface area contributed by atoms with Crippen LogP contribution in [0.3, 0.4) is 0 Å². The smallest absolute Gasteiger partial charge is 0.251 e. The molecule has 3 amide bonds. The van der Waals surface area contributed by atoms with Crippen molar-refractivity contribution >= 4 is 39.7 Å². The third-order valence-electron chi connectivity index (χ3n) is 6.64. The summed E-state index contributed by atoms with van der Waals surface area (Å²) in [5, 5.41) is 6.45. The number of hydrogen-bond donors (Lipinski definition) is 3. The SMILES string of the molecule is NC(=O)c1c(NC(=O)CN2CCC(C(=O)Nc3ccc4c(c3)OCO4)CC2)sc2c1CCCC2. The maximum Gasteiger partial charge on any atom is 0.251 e. The van der Waals surface area contributed by atoms with Gasteiger partial charge in [0.2, 0.25) is 18.6 Å². The first-order valence-corrected chi connectivity index (χ1v) is 12.5. The van der Waals surface area contributed by atoms with Gasteiger partial charge >= 0.3 is 0 Å². The number of thiophene rings is 1. The van der Waals surface area contributed by atoms with Gasteiger partial charge in [0.15, 0.2) is 11.5 Å². The van der Waals surface area contributed by atoms with Gasteiger partial charge in [0.25, 0.3) is 5.91 Å². The molecule has 9 nitrogen and oxygen atoms in total. The second-order valence-corrected chi connectivity index (χ2v) is 10.0. The fourth-order valence-corrected chi connectivity index (χ4v) is 6.17. The van der Waals surface area contributed by atoms with Crippen molar-refractivity contribution in [2.24, 2.45) is 11.7 Å². The summed E-state index contributed by atoms with van der Waals surface area (Å²) in [7, 11) is 0. The van der Waals surface area contributed by atoms with Crippen LogP contribution in [-0.4, -0.2) is 49.0 Å². The molecule has 180 valence electrons. The maximum atomic E-state index is 12.7. The van der Waals surface area contributed by atoms with E-state index in [1.165, 1.54) is 11.3 Å². The third-order valence-corrected chi connectivity index (χ3v) is 7.84. The zero-order chi connectivity index (χ0) is 23.7. The summed E-state index contributed by atoms with van der Waals surface area (Å²) < 4.78 is 10.7. The maximum absolute atomic E-state index is 12.7. The molecule has 10 heteroatoms. The van der Waals surface area contributed by atoms with Crippen molar-refractivity contribution in [3.05, 3.63) is 34.2 Å². The van der Waals surface area contributed by atoms with Crippen LogP contribution in [0.15, 0.2) is 18.2 Å². The van der Waals surface area contributed by atoms with Crippen molar-refractivity contribution in [2.75, 3.05) is 37.1 Å². The van der Waals surface area contributed by atoms with Crippen LogP contribution in [-0.2, 0) is 22.4 Å². The number of likely N-dealkylation sites (tertiary alicyclic amines) is 1. The van der Waals surface area contributed by atoms with Gasteiger partial charge in [-0.15, -0.1) is 11.3 Å². The van der Waals surface area contributed by atoms with E-state index in [2.05, 4.69) is 10.6 Å². The molecule has 2 aliphatic heterocycles. The molecule has 1 saturated heterocycles. The minimum Gasteiger partial charge on any atom is -0.454 e. The number of amides is 3.